The van der Waals surface area contributed by atoms with E-state index in [9.17, 15) is 23.1 Å². The Kier molecular flexibility index (Phi) is 8.37. The molecule has 14 heteroatoms. The Morgan fingerprint density at radius 1 is 1.17 bits per heavy atom. The van der Waals surface area contributed by atoms with Gasteiger partial charge in [-0.3, -0.25) is 4.79 Å². The van der Waals surface area contributed by atoms with Crippen LogP contribution in [-0.4, -0.2) is 60.6 Å². The molecule has 2 aromatic carbocycles. The number of aliphatic hydroxyl groups excluding tert-OH is 1. The Balaban J connectivity index is 1.34. The average molecular weight is 610 g/mol. The van der Waals surface area contributed by atoms with Crippen LogP contribution in [0.15, 0.2) is 53.2 Å². The summed E-state index contributed by atoms with van der Waals surface area (Å²) in [6.45, 7) is 1.73. The van der Waals surface area contributed by atoms with Crippen LogP contribution in [0.2, 0.25) is 10.0 Å². The maximum Gasteiger partial charge on any atom is 0.434 e. The third-order valence-electron chi connectivity index (χ3n) is 6.88. The predicted octanol–water partition coefficient (Wildman–Crippen LogP) is 6.14. The van der Waals surface area contributed by atoms with E-state index in [0.717, 1.165) is 25.6 Å². The second-order valence-corrected chi connectivity index (χ2v) is 10.7. The zero-order chi connectivity index (χ0) is 29.3. The van der Waals surface area contributed by atoms with Gasteiger partial charge in [-0.15, -0.1) is 0 Å². The predicted molar refractivity (Wildman–Crippen MR) is 144 cm³/mol. The number of aliphatic hydroxyl groups is 1. The minimum Gasteiger partial charge on any atom is -0.481 e. The zero-order valence-electron chi connectivity index (χ0n) is 21.4. The lowest BCUT2D eigenvalue weighted by atomic mass is 9.94. The van der Waals surface area contributed by atoms with Gasteiger partial charge in [0.2, 0.25) is 5.82 Å². The van der Waals surface area contributed by atoms with Gasteiger partial charge in [-0.05, 0) is 49.1 Å². The number of carboxylic acids is 1. The highest BCUT2D eigenvalue weighted by Gasteiger charge is 2.41. The van der Waals surface area contributed by atoms with Gasteiger partial charge in [0.05, 0.1) is 28.6 Å². The number of benzene rings is 2. The van der Waals surface area contributed by atoms with Crippen molar-refractivity contribution in [3.05, 3.63) is 70.0 Å². The molecule has 2 N–H and O–H groups in total. The van der Waals surface area contributed by atoms with E-state index in [1.807, 2.05) is 0 Å². The molecule has 9 nitrogen and oxygen atoms in total. The molecule has 4 aromatic rings. The van der Waals surface area contributed by atoms with Gasteiger partial charge in [-0.2, -0.15) is 23.3 Å². The third-order valence-corrected chi connectivity index (χ3v) is 7.42. The summed E-state index contributed by atoms with van der Waals surface area (Å²) in [5.74, 6) is -1.10. The topological polar surface area (TPSA) is 118 Å². The van der Waals surface area contributed by atoms with Crippen LogP contribution in [0.5, 0.6) is 0 Å². The van der Waals surface area contributed by atoms with Crippen molar-refractivity contribution < 1.29 is 32.7 Å². The Morgan fingerprint density at radius 3 is 2.61 bits per heavy atom. The summed E-state index contributed by atoms with van der Waals surface area (Å²) in [6.07, 6.45) is -2.84. The van der Waals surface area contributed by atoms with Crippen LogP contribution in [0.4, 0.5) is 13.2 Å². The first-order valence-corrected chi connectivity index (χ1v) is 13.4. The number of hydrogen-bond donors (Lipinski definition) is 2. The summed E-state index contributed by atoms with van der Waals surface area (Å²) in [5.41, 5.74) is -0.489. The number of carbonyl (C=O) groups is 1. The molecule has 3 heterocycles. The maximum atomic E-state index is 14.1. The number of aliphatic carboxylic acids is 1. The van der Waals surface area contributed by atoms with E-state index in [1.54, 1.807) is 24.3 Å². The summed E-state index contributed by atoms with van der Waals surface area (Å²) in [4.78, 5) is 17.3. The van der Waals surface area contributed by atoms with Crippen molar-refractivity contribution in [2.75, 3.05) is 19.6 Å². The number of likely N-dealkylation sites (tertiary alicyclic amines) is 1. The number of carboxylic acid groups (broad SMARTS) is 1. The molecule has 2 atom stereocenters. The fourth-order valence-corrected chi connectivity index (χ4v) is 5.49. The smallest absolute Gasteiger partial charge is 0.434 e. The zero-order valence-corrected chi connectivity index (χ0v) is 22.9. The highest BCUT2D eigenvalue weighted by Crippen LogP contribution is 2.39. The summed E-state index contributed by atoms with van der Waals surface area (Å²) in [7, 11) is 0. The van der Waals surface area contributed by atoms with E-state index in [1.165, 1.54) is 18.2 Å². The fourth-order valence-electron chi connectivity index (χ4n) is 5.00. The molecule has 216 valence electrons. The first-order chi connectivity index (χ1) is 19.5. The van der Waals surface area contributed by atoms with Gasteiger partial charge in [0.15, 0.2) is 5.69 Å². The molecule has 0 unspecified atom stereocenters. The number of alkyl halides is 3. The molecule has 2 aromatic heterocycles. The van der Waals surface area contributed by atoms with Gasteiger partial charge in [-0.25, -0.2) is 4.68 Å². The van der Waals surface area contributed by atoms with E-state index in [0.29, 0.717) is 28.9 Å². The Bertz CT molecular complexity index is 1540. The first kappa shape index (κ1) is 29.1. The highest BCUT2D eigenvalue weighted by molar-refractivity contribution is 6.35. The quantitative estimate of drug-likeness (QED) is 0.245. The van der Waals surface area contributed by atoms with Crippen LogP contribution in [0.3, 0.4) is 0 Å². The maximum absolute atomic E-state index is 14.1. The van der Waals surface area contributed by atoms with Crippen LogP contribution >= 0.6 is 23.2 Å². The molecule has 5 rings (SSSR count). The second-order valence-electron chi connectivity index (χ2n) is 9.84. The van der Waals surface area contributed by atoms with Crippen LogP contribution in [0, 0.1) is 5.92 Å². The minimum absolute atomic E-state index is 0.0217. The van der Waals surface area contributed by atoms with Crippen LogP contribution in [0.1, 0.15) is 36.6 Å². The van der Waals surface area contributed by atoms with Gasteiger partial charge < -0.3 is 19.6 Å². The standard InChI is InChI=1S/C27H24Cl2F3N5O4/c28-18-7-8-21(20(29)11-18)37-24(27(30,31)32)19(12-33-37)26-34-25(35-41-26)17-5-3-16(4-6-17)22(38)14-36-9-1-2-15(13-36)10-23(39)40/h3-8,11-12,15,22,38H,1-2,9-10,13-14H2,(H,39,40)/t15-,22-/m1/s1. The molecule has 0 spiro atoms. The number of β-amino-alcohol motifs (C(OH)–C–C–N with tert-alkyl or cyclic N) is 1. The van der Waals surface area contributed by atoms with E-state index in [-0.39, 0.29) is 39.8 Å². The molecule has 0 aliphatic carbocycles. The SMILES string of the molecule is O=C(O)C[C@H]1CCCN(C[C@@H](O)c2ccc(-c3noc(-c4cnn(-c5ccc(Cl)cc5Cl)c4C(F)(F)F)n3)cc2)C1. The molecule has 0 radical (unpaired) electrons. The van der Waals surface area contributed by atoms with E-state index < -0.39 is 29.5 Å². The average Bonchev–Trinajstić information content (AvgIpc) is 3.56. The molecule has 1 aliphatic heterocycles. The van der Waals surface area contributed by atoms with Crippen molar-refractivity contribution in [2.24, 2.45) is 5.92 Å². The molecule has 0 bridgehead atoms. The molecular weight excluding hydrogens is 586 g/mol. The Labute approximate surface area is 242 Å². The number of rotatable bonds is 8. The third kappa shape index (κ3) is 6.56. The highest BCUT2D eigenvalue weighted by atomic mass is 35.5. The van der Waals surface area contributed by atoms with Gasteiger partial charge in [0, 0.05) is 30.1 Å². The molecule has 0 amide bonds. The van der Waals surface area contributed by atoms with Crippen molar-refractivity contribution in [3.8, 4) is 28.5 Å². The summed E-state index contributed by atoms with van der Waals surface area (Å²) in [5, 5.41) is 27.8. The number of hydrogen-bond acceptors (Lipinski definition) is 7. The molecule has 0 saturated carbocycles. The van der Waals surface area contributed by atoms with Crippen molar-refractivity contribution in [1.82, 2.24) is 24.8 Å². The second kappa shape index (κ2) is 11.8. The molecule has 1 aliphatic rings. The van der Waals surface area contributed by atoms with Crippen molar-refractivity contribution >= 4 is 29.2 Å². The normalized spacial score (nSPS) is 17.1. The van der Waals surface area contributed by atoms with E-state index in [2.05, 4.69) is 20.1 Å². The van der Waals surface area contributed by atoms with Crippen LogP contribution < -0.4 is 0 Å². The Hall–Kier alpha value is -3.45. The largest absolute Gasteiger partial charge is 0.481 e. The lowest BCUT2D eigenvalue weighted by molar-refractivity contribution is -0.142. The molecule has 1 saturated heterocycles. The van der Waals surface area contributed by atoms with Gasteiger partial charge in [-0.1, -0.05) is 52.6 Å². The number of piperidine rings is 1. The van der Waals surface area contributed by atoms with Crippen molar-refractivity contribution in [2.45, 2.75) is 31.5 Å². The monoisotopic (exact) mass is 609 g/mol. The Morgan fingerprint density at radius 2 is 1.93 bits per heavy atom. The first-order valence-electron chi connectivity index (χ1n) is 12.7. The minimum atomic E-state index is -4.83. The number of nitrogens with zero attached hydrogens (tertiary/aromatic N) is 5. The molecule has 41 heavy (non-hydrogen) atoms. The summed E-state index contributed by atoms with van der Waals surface area (Å²) >= 11 is 12.0. The summed E-state index contributed by atoms with van der Waals surface area (Å²) in [6, 6.07) is 10.7. The molecular formula is C27H24Cl2F3N5O4. The summed E-state index contributed by atoms with van der Waals surface area (Å²) < 4.78 is 48.3. The van der Waals surface area contributed by atoms with Gasteiger partial charge in [0.1, 0.15) is 0 Å². The van der Waals surface area contributed by atoms with Gasteiger partial charge >= 0.3 is 12.1 Å². The lowest BCUT2D eigenvalue weighted by Crippen LogP contribution is -2.38. The van der Waals surface area contributed by atoms with E-state index >= 15 is 0 Å². The lowest BCUT2D eigenvalue weighted by Gasteiger charge is -2.33. The number of aromatic nitrogens is 4. The van der Waals surface area contributed by atoms with E-state index in [4.69, 9.17) is 32.8 Å². The number of halogens is 5. The van der Waals surface area contributed by atoms with Gasteiger partial charge in [0.25, 0.3) is 5.89 Å². The van der Waals surface area contributed by atoms with Crippen LogP contribution in [-0.2, 0) is 11.0 Å². The molecule has 1 fully saturated rings. The van der Waals surface area contributed by atoms with Crippen molar-refractivity contribution in [3.63, 3.8) is 0 Å². The van der Waals surface area contributed by atoms with Crippen LogP contribution in [0.25, 0.3) is 28.5 Å². The van der Waals surface area contributed by atoms with Crippen molar-refractivity contribution in [1.29, 1.82) is 0 Å². The fraction of sp³-hybridized carbons (Fsp3) is 0.333.